The number of carbonyl (C=O) groups is 2. The van der Waals surface area contributed by atoms with Gasteiger partial charge in [0.1, 0.15) is 11.5 Å². The number of hydrogen-bond donors (Lipinski definition) is 1. The number of ether oxygens (including phenoxy) is 1. The summed E-state index contributed by atoms with van der Waals surface area (Å²) >= 11 is 6.38. The number of benzene rings is 3. The molecule has 5 nitrogen and oxygen atoms in total. The summed E-state index contributed by atoms with van der Waals surface area (Å²) in [4.78, 5) is 28.3. The minimum atomic E-state index is -0.840. The molecule has 36 heavy (non-hydrogen) atoms. The maximum atomic E-state index is 13.5. The van der Waals surface area contributed by atoms with Gasteiger partial charge in [0.25, 0.3) is 11.7 Å². The Hall–Kier alpha value is -3.57. The Morgan fingerprint density at radius 2 is 1.58 bits per heavy atom. The van der Waals surface area contributed by atoms with Gasteiger partial charge in [-0.3, -0.25) is 14.5 Å². The number of halogens is 1. The Kier molecular flexibility index (Phi) is 6.72. The average molecular weight is 504 g/mol. The molecule has 0 aliphatic carbocycles. The van der Waals surface area contributed by atoms with E-state index in [1.54, 1.807) is 49.6 Å². The van der Waals surface area contributed by atoms with Gasteiger partial charge in [0.15, 0.2) is 0 Å². The lowest BCUT2D eigenvalue weighted by molar-refractivity contribution is -0.132. The first kappa shape index (κ1) is 25.5. The number of nitrogens with zero attached hydrogens (tertiary/aromatic N) is 1. The number of methoxy groups -OCH3 is 1. The van der Waals surface area contributed by atoms with E-state index in [4.69, 9.17) is 16.3 Å². The second kappa shape index (κ2) is 9.47. The van der Waals surface area contributed by atoms with Gasteiger partial charge in [-0.25, -0.2) is 0 Å². The Bertz CT molecular complexity index is 1380. The van der Waals surface area contributed by atoms with Crippen LogP contribution in [0.15, 0.2) is 66.2 Å². The van der Waals surface area contributed by atoms with Crippen LogP contribution in [0, 0.1) is 13.8 Å². The number of carbonyl (C=O) groups excluding carboxylic acids is 2. The molecule has 6 heteroatoms. The topological polar surface area (TPSA) is 66.8 Å². The maximum absolute atomic E-state index is 13.5. The van der Waals surface area contributed by atoms with E-state index in [0.717, 1.165) is 16.7 Å². The molecule has 1 atom stereocenters. The Morgan fingerprint density at radius 3 is 2.17 bits per heavy atom. The van der Waals surface area contributed by atoms with E-state index in [-0.39, 0.29) is 16.7 Å². The van der Waals surface area contributed by atoms with Gasteiger partial charge in [-0.15, -0.1) is 0 Å². The third-order valence-electron chi connectivity index (χ3n) is 6.67. The van der Waals surface area contributed by atoms with Crippen LogP contribution < -0.4 is 9.64 Å². The molecule has 0 radical (unpaired) electrons. The second-order valence-electron chi connectivity index (χ2n) is 10.2. The molecular formula is C30H30ClNO4. The van der Waals surface area contributed by atoms with E-state index in [0.29, 0.717) is 27.6 Å². The zero-order valence-electron chi connectivity index (χ0n) is 21.3. The quantitative estimate of drug-likeness (QED) is 0.239. The Labute approximate surface area is 217 Å². The lowest BCUT2D eigenvalue weighted by Crippen LogP contribution is -2.29. The van der Waals surface area contributed by atoms with Gasteiger partial charge in [0.05, 0.1) is 18.7 Å². The molecule has 186 valence electrons. The van der Waals surface area contributed by atoms with Crippen LogP contribution in [0.5, 0.6) is 5.75 Å². The highest BCUT2D eigenvalue weighted by atomic mass is 35.5. The van der Waals surface area contributed by atoms with Crippen molar-refractivity contribution in [3.8, 4) is 5.75 Å². The van der Waals surface area contributed by atoms with E-state index in [1.165, 1.54) is 4.90 Å². The van der Waals surface area contributed by atoms with Crippen LogP contribution in [-0.2, 0) is 15.0 Å². The van der Waals surface area contributed by atoms with E-state index in [9.17, 15) is 14.7 Å². The Morgan fingerprint density at radius 1 is 0.944 bits per heavy atom. The van der Waals surface area contributed by atoms with Crippen LogP contribution in [0.25, 0.3) is 5.76 Å². The molecule has 1 N–H and O–H groups in total. The number of anilines is 1. The summed E-state index contributed by atoms with van der Waals surface area (Å²) in [6.45, 7) is 9.99. The van der Waals surface area contributed by atoms with Crippen LogP contribution in [0.4, 0.5) is 5.69 Å². The van der Waals surface area contributed by atoms with E-state index >= 15 is 0 Å². The average Bonchev–Trinajstić information content (AvgIpc) is 3.10. The molecule has 1 saturated heterocycles. The summed E-state index contributed by atoms with van der Waals surface area (Å²) in [5.41, 5.74) is 4.21. The Balaban J connectivity index is 1.98. The van der Waals surface area contributed by atoms with Crippen molar-refractivity contribution in [2.24, 2.45) is 0 Å². The molecule has 0 saturated carbocycles. The van der Waals surface area contributed by atoms with E-state index < -0.39 is 17.7 Å². The molecule has 1 amide bonds. The third kappa shape index (κ3) is 4.51. The summed E-state index contributed by atoms with van der Waals surface area (Å²) in [5.74, 6) is -1.02. The first-order valence-corrected chi connectivity index (χ1v) is 12.1. The van der Waals surface area contributed by atoms with Gasteiger partial charge < -0.3 is 9.84 Å². The number of ketones is 1. The molecule has 1 fully saturated rings. The van der Waals surface area contributed by atoms with Gasteiger partial charge >= 0.3 is 0 Å². The van der Waals surface area contributed by atoms with Crippen molar-refractivity contribution in [2.75, 3.05) is 12.0 Å². The monoisotopic (exact) mass is 503 g/mol. The van der Waals surface area contributed by atoms with Crippen molar-refractivity contribution >= 4 is 34.7 Å². The lowest BCUT2D eigenvalue weighted by atomic mass is 9.84. The van der Waals surface area contributed by atoms with Crippen LogP contribution in [0.1, 0.15) is 54.6 Å². The molecule has 0 aromatic heterocycles. The van der Waals surface area contributed by atoms with Gasteiger partial charge in [-0.2, -0.15) is 0 Å². The largest absolute Gasteiger partial charge is 0.507 e. The molecule has 1 unspecified atom stereocenters. The van der Waals surface area contributed by atoms with Crippen molar-refractivity contribution in [1.29, 1.82) is 0 Å². The number of amides is 1. The third-order valence-corrected chi connectivity index (χ3v) is 7.08. The number of hydrogen-bond acceptors (Lipinski definition) is 4. The first-order chi connectivity index (χ1) is 16.9. The molecule has 0 bridgehead atoms. The first-order valence-electron chi connectivity index (χ1n) is 11.8. The van der Waals surface area contributed by atoms with E-state index in [1.807, 2.05) is 32.0 Å². The molecule has 0 spiro atoms. The summed E-state index contributed by atoms with van der Waals surface area (Å²) < 4.78 is 5.29. The van der Waals surface area contributed by atoms with Crippen LogP contribution >= 0.6 is 11.6 Å². The number of Topliss-reactive ketones (excluding diaryl/α,β-unsaturated/α-hetero) is 1. The van der Waals surface area contributed by atoms with Crippen molar-refractivity contribution < 1.29 is 19.4 Å². The van der Waals surface area contributed by atoms with Crippen LogP contribution in [0.2, 0.25) is 5.02 Å². The highest BCUT2D eigenvalue weighted by molar-refractivity contribution is 6.51. The lowest BCUT2D eigenvalue weighted by Gasteiger charge is -2.26. The predicted octanol–water partition coefficient (Wildman–Crippen LogP) is 6.89. The van der Waals surface area contributed by atoms with Gasteiger partial charge in [-0.1, -0.05) is 62.7 Å². The fraction of sp³-hybridized carbons (Fsp3) is 0.267. The highest BCUT2D eigenvalue weighted by Crippen LogP contribution is 2.44. The molecule has 4 rings (SSSR count). The maximum Gasteiger partial charge on any atom is 0.300 e. The zero-order chi connectivity index (χ0) is 26.4. The summed E-state index contributed by atoms with van der Waals surface area (Å²) in [6.07, 6.45) is 0. The van der Waals surface area contributed by atoms with Crippen molar-refractivity contribution in [1.82, 2.24) is 0 Å². The molecule has 3 aromatic rings. The fourth-order valence-electron chi connectivity index (χ4n) is 4.42. The molecule has 1 heterocycles. The minimum absolute atomic E-state index is 0.0380. The van der Waals surface area contributed by atoms with Crippen LogP contribution in [0.3, 0.4) is 0 Å². The SMILES string of the molecule is COc1ccc(C2/C(=C(\O)c3cc(C(C)(C)C)ccc3C)C(=O)C(=O)N2c2ccc(C)c(Cl)c2)cc1. The van der Waals surface area contributed by atoms with Gasteiger partial charge in [0, 0.05) is 16.3 Å². The molecule has 1 aliphatic heterocycles. The second-order valence-corrected chi connectivity index (χ2v) is 10.6. The molecular weight excluding hydrogens is 474 g/mol. The minimum Gasteiger partial charge on any atom is -0.507 e. The summed E-state index contributed by atoms with van der Waals surface area (Å²) in [6, 6.07) is 17.4. The van der Waals surface area contributed by atoms with Gasteiger partial charge in [0.2, 0.25) is 0 Å². The van der Waals surface area contributed by atoms with Crippen molar-refractivity contribution in [2.45, 2.75) is 46.1 Å². The number of aliphatic hydroxyl groups is 1. The normalized spacial score (nSPS) is 17.5. The highest BCUT2D eigenvalue weighted by Gasteiger charge is 2.47. The zero-order valence-corrected chi connectivity index (χ0v) is 22.1. The standard InChI is InChI=1S/C30H30ClNO4/c1-17-7-11-20(30(3,4)5)15-23(17)27(33)25-26(19-9-13-22(36-6)14-10-19)32(29(35)28(25)34)21-12-8-18(2)24(31)16-21/h7-16,26,33H,1-6H3/b27-25+. The van der Waals surface area contributed by atoms with Crippen molar-refractivity contribution in [3.05, 3.63) is 99.1 Å². The van der Waals surface area contributed by atoms with Crippen LogP contribution in [-0.4, -0.2) is 23.9 Å². The van der Waals surface area contributed by atoms with Gasteiger partial charge in [-0.05, 0) is 71.8 Å². The van der Waals surface area contributed by atoms with Crippen molar-refractivity contribution in [3.63, 3.8) is 0 Å². The summed E-state index contributed by atoms with van der Waals surface area (Å²) in [5, 5.41) is 12.1. The fourth-order valence-corrected chi connectivity index (χ4v) is 4.60. The smallest absolute Gasteiger partial charge is 0.300 e. The molecule has 3 aromatic carbocycles. The number of aryl methyl sites for hydroxylation is 2. The predicted molar refractivity (Wildman–Crippen MR) is 144 cm³/mol. The van der Waals surface area contributed by atoms with E-state index in [2.05, 4.69) is 20.8 Å². The summed E-state index contributed by atoms with van der Waals surface area (Å²) in [7, 11) is 1.57. The molecule has 1 aliphatic rings. The number of rotatable bonds is 4. The number of aliphatic hydroxyl groups excluding tert-OH is 1.